The van der Waals surface area contributed by atoms with Gasteiger partial charge in [0.15, 0.2) is 0 Å². The van der Waals surface area contributed by atoms with Crippen molar-refractivity contribution in [1.29, 1.82) is 0 Å². The lowest BCUT2D eigenvalue weighted by atomic mass is 9.64. The molecule has 0 saturated heterocycles. The molecule has 0 bridgehead atoms. The molecule has 0 radical (unpaired) electrons. The number of pyridine rings is 1. The van der Waals surface area contributed by atoms with Crippen LogP contribution in [0.25, 0.3) is 44.4 Å². The van der Waals surface area contributed by atoms with Gasteiger partial charge in [-0.2, -0.15) is 5.10 Å². The van der Waals surface area contributed by atoms with Gasteiger partial charge in [0.25, 0.3) is 0 Å². The number of rotatable bonds is 5. The van der Waals surface area contributed by atoms with Crippen LogP contribution >= 0.6 is 0 Å². The first kappa shape index (κ1) is 37.2. The van der Waals surface area contributed by atoms with Crippen molar-refractivity contribution in [3.8, 4) is 34.1 Å². The van der Waals surface area contributed by atoms with E-state index >= 15 is 0 Å². The van der Waals surface area contributed by atoms with Gasteiger partial charge in [-0.05, 0) is 104 Å². The molecule has 4 aromatic carbocycles. The molecule has 3 heterocycles. The van der Waals surface area contributed by atoms with Crippen molar-refractivity contribution in [2.24, 2.45) is 0 Å². The van der Waals surface area contributed by atoms with Crippen molar-refractivity contribution >= 4 is 21.8 Å². The highest BCUT2D eigenvalue weighted by atomic mass is 16.5. The molecular weight excluding hydrogens is 661 g/mol. The summed E-state index contributed by atoms with van der Waals surface area (Å²) in [6.07, 6.45) is 6.13. The maximum absolute atomic E-state index is 6.61. The van der Waals surface area contributed by atoms with Crippen molar-refractivity contribution in [3.63, 3.8) is 0 Å². The smallest absolute Gasteiger partial charge is 0.137 e. The topological polar surface area (TPSA) is 44.9 Å². The molecule has 0 amide bonds. The lowest BCUT2D eigenvalue weighted by Crippen LogP contribution is -2.30. The molecule has 7 aromatic rings. The summed E-state index contributed by atoms with van der Waals surface area (Å²) >= 11 is 0. The summed E-state index contributed by atoms with van der Waals surface area (Å²) < 4.78 is 10.8. The van der Waals surface area contributed by atoms with E-state index in [4.69, 9.17) is 14.8 Å². The Balaban J connectivity index is 1.33. The van der Waals surface area contributed by atoms with Crippen LogP contribution in [0.2, 0.25) is 0 Å². The Morgan fingerprint density at radius 1 is 0.574 bits per heavy atom. The molecule has 7 rings (SSSR count). The molecule has 54 heavy (non-hydrogen) atoms. The zero-order valence-electron chi connectivity index (χ0n) is 34.5. The molecule has 0 N–H and O–H groups in total. The second-order valence-corrected chi connectivity index (χ2v) is 19.1. The highest BCUT2D eigenvalue weighted by molar-refractivity contribution is 6.09. The Kier molecular flexibility index (Phi) is 8.95. The molecular formula is C49H56N4O. The lowest BCUT2D eigenvalue weighted by molar-refractivity contribution is 0.483. The van der Waals surface area contributed by atoms with E-state index in [-0.39, 0.29) is 21.7 Å². The molecule has 5 nitrogen and oxygen atoms in total. The van der Waals surface area contributed by atoms with Crippen LogP contribution in [-0.4, -0.2) is 19.3 Å². The largest absolute Gasteiger partial charge is 0.457 e. The summed E-state index contributed by atoms with van der Waals surface area (Å²) in [4.78, 5) is 4.75. The van der Waals surface area contributed by atoms with Gasteiger partial charge >= 0.3 is 0 Å². The maximum Gasteiger partial charge on any atom is 0.137 e. The molecule has 0 spiro atoms. The van der Waals surface area contributed by atoms with E-state index < -0.39 is 0 Å². The Bertz CT molecular complexity index is 2470. The molecule has 0 atom stereocenters. The second-order valence-electron chi connectivity index (χ2n) is 19.1. The zero-order valence-corrected chi connectivity index (χ0v) is 34.5. The predicted molar refractivity (Wildman–Crippen MR) is 227 cm³/mol. The molecule has 0 aliphatic rings. The monoisotopic (exact) mass is 716 g/mol. The standard InChI is InChI=1S/C49H56N4O/c1-31-23-24-50-42(25-31)53-40-20-15-14-19-36(40)37-22-21-35(27-41(37)53)54-34-18-16-17-33(26-34)52-30-32(29-51-52)43-44(48(8,9)10)38(46(2,3)4)28-39(47(5,6)7)45(43)49(11,12)13/h14-30H,1-13H3. The van der Waals surface area contributed by atoms with Gasteiger partial charge in [-0.25, -0.2) is 9.67 Å². The van der Waals surface area contributed by atoms with Gasteiger partial charge in [0.1, 0.15) is 17.3 Å². The van der Waals surface area contributed by atoms with Crippen LogP contribution in [0, 0.1) is 6.92 Å². The fraction of sp³-hybridized carbons (Fsp3) is 0.347. The molecule has 5 heteroatoms. The van der Waals surface area contributed by atoms with Crippen molar-refractivity contribution < 1.29 is 4.74 Å². The van der Waals surface area contributed by atoms with Gasteiger partial charge in [-0.15, -0.1) is 0 Å². The van der Waals surface area contributed by atoms with Crippen molar-refractivity contribution in [1.82, 2.24) is 19.3 Å². The van der Waals surface area contributed by atoms with E-state index in [1.165, 1.54) is 33.2 Å². The van der Waals surface area contributed by atoms with Crippen LogP contribution in [0.5, 0.6) is 11.5 Å². The first-order valence-corrected chi connectivity index (χ1v) is 19.2. The number of aromatic nitrogens is 4. The van der Waals surface area contributed by atoms with Gasteiger partial charge < -0.3 is 4.74 Å². The van der Waals surface area contributed by atoms with Gasteiger partial charge in [0.2, 0.25) is 0 Å². The number of benzene rings is 4. The summed E-state index contributed by atoms with van der Waals surface area (Å²) in [6, 6.07) is 29.7. The normalized spacial score (nSPS) is 12.9. The minimum atomic E-state index is -0.0908. The number of para-hydroxylation sites is 1. The first-order chi connectivity index (χ1) is 25.2. The van der Waals surface area contributed by atoms with Crippen LogP contribution in [0.15, 0.2) is 104 Å². The van der Waals surface area contributed by atoms with E-state index in [0.717, 1.165) is 50.6 Å². The molecule has 0 unspecified atom stereocenters. The number of fused-ring (bicyclic) bond motifs is 3. The summed E-state index contributed by atoms with van der Waals surface area (Å²) in [5, 5.41) is 7.36. The number of hydrogen-bond acceptors (Lipinski definition) is 3. The molecule has 0 fully saturated rings. The average molecular weight is 717 g/mol. The Morgan fingerprint density at radius 3 is 1.83 bits per heavy atom. The van der Waals surface area contributed by atoms with Crippen LogP contribution in [0.3, 0.4) is 0 Å². The average Bonchev–Trinajstić information content (AvgIpc) is 3.69. The molecule has 278 valence electrons. The Hall–Kier alpha value is -5.16. The van der Waals surface area contributed by atoms with Gasteiger partial charge in [0.05, 0.1) is 22.9 Å². The van der Waals surface area contributed by atoms with Crippen LogP contribution in [0.1, 0.15) is 111 Å². The summed E-state index contributed by atoms with van der Waals surface area (Å²) in [7, 11) is 0. The van der Waals surface area contributed by atoms with E-state index in [1.54, 1.807) is 0 Å². The van der Waals surface area contributed by atoms with E-state index in [2.05, 4.69) is 174 Å². The van der Waals surface area contributed by atoms with Crippen LogP contribution in [-0.2, 0) is 21.7 Å². The molecule has 3 aromatic heterocycles. The fourth-order valence-electron chi connectivity index (χ4n) is 8.03. The lowest BCUT2D eigenvalue weighted by Gasteiger charge is -2.40. The third-order valence-corrected chi connectivity index (χ3v) is 10.4. The molecule has 0 aliphatic heterocycles. The van der Waals surface area contributed by atoms with Gasteiger partial charge in [-0.1, -0.05) is 113 Å². The third-order valence-electron chi connectivity index (χ3n) is 10.4. The fourth-order valence-corrected chi connectivity index (χ4v) is 8.03. The summed E-state index contributed by atoms with van der Waals surface area (Å²) in [5.74, 6) is 2.40. The van der Waals surface area contributed by atoms with E-state index in [9.17, 15) is 0 Å². The van der Waals surface area contributed by atoms with Crippen LogP contribution < -0.4 is 4.74 Å². The Labute approximate surface area is 322 Å². The van der Waals surface area contributed by atoms with Crippen molar-refractivity contribution in [2.75, 3.05) is 0 Å². The number of ether oxygens (including phenoxy) is 1. The highest BCUT2D eigenvalue weighted by Crippen LogP contribution is 2.49. The maximum atomic E-state index is 6.61. The summed E-state index contributed by atoms with van der Waals surface area (Å²) in [6.45, 7) is 30.3. The second kappa shape index (κ2) is 13.0. The van der Waals surface area contributed by atoms with Crippen molar-refractivity contribution in [3.05, 3.63) is 131 Å². The zero-order chi connectivity index (χ0) is 39.0. The van der Waals surface area contributed by atoms with Crippen LogP contribution in [0.4, 0.5) is 0 Å². The molecule has 0 saturated carbocycles. The highest BCUT2D eigenvalue weighted by Gasteiger charge is 2.37. The van der Waals surface area contributed by atoms with E-state index in [0.29, 0.717) is 0 Å². The summed E-state index contributed by atoms with van der Waals surface area (Å²) in [5.41, 5.74) is 12.1. The van der Waals surface area contributed by atoms with E-state index in [1.807, 2.05) is 29.1 Å². The van der Waals surface area contributed by atoms with Gasteiger partial charge in [-0.3, -0.25) is 4.57 Å². The third kappa shape index (κ3) is 6.85. The predicted octanol–water partition coefficient (Wildman–Crippen LogP) is 13.3. The first-order valence-electron chi connectivity index (χ1n) is 19.2. The SMILES string of the molecule is Cc1ccnc(-n2c3ccccc3c3ccc(Oc4cccc(-n5cc(-c6c(C(C)(C)C)c(C(C)(C)C)cc(C(C)(C)C)c6C(C)(C)C)cn5)c4)cc32)c1. The molecule has 0 aliphatic carbocycles. The number of aryl methyl sites for hydroxylation is 1. The minimum Gasteiger partial charge on any atom is -0.457 e. The quantitative estimate of drug-likeness (QED) is 0.178. The number of hydrogen-bond donors (Lipinski definition) is 0. The minimum absolute atomic E-state index is 0.0383. The van der Waals surface area contributed by atoms with Crippen molar-refractivity contribution in [2.45, 2.75) is 112 Å². The van der Waals surface area contributed by atoms with Gasteiger partial charge in [0, 0.05) is 40.9 Å². The number of nitrogens with zero attached hydrogens (tertiary/aromatic N) is 4. The Morgan fingerprint density at radius 2 is 1.20 bits per heavy atom.